The van der Waals surface area contributed by atoms with Crippen LogP contribution >= 0.6 is 11.6 Å². The fourth-order valence-corrected chi connectivity index (χ4v) is 2.23. The van der Waals surface area contributed by atoms with Gasteiger partial charge in [0.05, 0.1) is 18.7 Å². The summed E-state index contributed by atoms with van der Waals surface area (Å²) in [6.45, 7) is 1.95. The summed E-state index contributed by atoms with van der Waals surface area (Å²) in [4.78, 5) is 12.6. The predicted molar refractivity (Wildman–Crippen MR) is 81.9 cm³/mol. The van der Waals surface area contributed by atoms with Crippen molar-refractivity contribution in [2.24, 2.45) is 0 Å². The number of ether oxygens (including phenoxy) is 1. The van der Waals surface area contributed by atoms with Gasteiger partial charge in [-0.15, -0.1) is 0 Å². The van der Waals surface area contributed by atoms with Gasteiger partial charge in [-0.05, 0) is 30.7 Å². The normalized spacial score (nSPS) is 11.5. The van der Waals surface area contributed by atoms with Gasteiger partial charge in [0, 0.05) is 5.02 Å². The van der Waals surface area contributed by atoms with E-state index >= 15 is 0 Å². The number of hydrogen-bond acceptors (Lipinski definition) is 3. The van der Waals surface area contributed by atoms with Crippen molar-refractivity contribution in [2.75, 3.05) is 7.11 Å². The number of methoxy groups -OCH3 is 1. The molecule has 0 bridgehead atoms. The maximum absolute atomic E-state index is 12.6. The predicted octanol–water partition coefficient (Wildman–Crippen LogP) is 4.15. The summed E-state index contributed by atoms with van der Waals surface area (Å²) in [6, 6.07) is 14.2. The Labute approximate surface area is 128 Å². The Hall–Kier alpha value is -2.31. The summed E-state index contributed by atoms with van der Waals surface area (Å²) in [6.07, 6.45) is 0. The van der Waals surface area contributed by atoms with E-state index < -0.39 is 5.92 Å². The monoisotopic (exact) mass is 299 g/mol. The average Bonchev–Trinajstić information content (AvgIpc) is 2.49. The molecule has 0 saturated carbocycles. The summed E-state index contributed by atoms with van der Waals surface area (Å²) in [5.74, 6) is -0.782. The Balaban J connectivity index is 2.42. The quantitative estimate of drug-likeness (QED) is 0.797. The molecule has 4 heteroatoms. The lowest BCUT2D eigenvalue weighted by molar-refractivity contribution is 0.0976. The molecule has 0 aromatic heterocycles. The van der Waals surface area contributed by atoms with Crippen LogP contribution in [0.25, 0.3) is 0 Å². The van der Waals surface area contributed by atoms with Crippen molar-refractivity contribution in [2.45, 2.75) is 12.8 Å². The molecule has 0 spiro atoms. The van der Waals surface area contributed by atoms with Gasteiger partial charge in [0.25, 0.3) is 0 Å². The van der Waals surface area contributed by atoms with Crippen LogP contribution in [0.4, 0.5) is 0 Å². The lowest BCUT2D eigenvalue weighted by Gasteiger charge is -2.12. The topological polar surface area (TPSA) is 50.1 Å². The van der Waals surface area contributed by atoms with Gasteiger partial charge in [-0.2, -0.15) is 5.26 Å². The summed E-state index contributed by atoms with van der Waals surface area (Å²) in [5.41, 5.74) is 2.10. The SMILES string of the molecule is COc1cc(Cl)ccc1C(=O)C(C#N)c1ccc(C)cc1. The second-order valence-electron chi connectivity index (χ2n) is 4.68. The van der Waals surface area contributed by atoms with Crippen molar-refractivity contribution < 1.29 is 9.53 Å². The van der Waals surface area contributed by atoms with Gasteiger partial charge in [-0.3, -0.25) is 4.79 Å². The molecule has 1 unspecified atom stereocenters. The molecular formula is C17H14ClNO2. The molecule has 0 fully saturated rings. The van der Waals surface area contributed by atoms with E-state index in [4.69, 9.17) is 16.3 Å². The van der Waals surface area contributed by atoms with Crippen LogP contribution < -0.4 is 4.74 Å². The van der Waals surface area contributed by atoms with Crippen LogP contribution in [-0.2, 0) is 0 Å². The van der Waals surface area contributed by atoms with E-state index in [-0.39, 0.29) is 5.78 Å². The van der Waals surface area contributed by atoms with E-state index in [1.165, 1.54) is 7.11 Å². The number of nitriles is 1. The zero-order valence-electron chi connectivity index (χ0n) is 11.8. The molecule has 1 atom stereocenters. The van der Waals surface area contributed by atoms with Crippen molar-refractivity contribution in [1.29, 1.82) is 5.26 Å². The van der Waals surface area contributed by atoms with Gasteiger partial charge in [0.1, 0.15) is 11.7 Å². The Bertz CT molecular complexity index is 702. The van der Waals surface area contributed by atoms with Crippen molar-refractivity contribution >= 4 is 17.4 Å². The van der Waals surface area contributed by atoms with Gasteiger partial charge in [0.15, 0.2) is 5.78 Å². The van der Waals surface area contributed by atoms with Crippen LogP contribution in [0.5, 0.6) is 5.75 Å². The lowest BCUT2D eigenvalue weighted by Crippen LogP contribution is -2.12. The van der Waals surface area contributed by atoms with Crippen molar-refractivity contribution in [3.8, 4) is 11.8 Å². The molecular weight excluding hydrogens is 286 g/mol. The number of nitrogens with zero attached hydrogens (tertiary/aromatic N) is 1. The highest BCUT2D eigenvalue weighted by atomic mass is 35.5. The number of rotatable bonds is 4. The van der Waals surface area contributed by atoms with Gasteiger partial charge in [-0.25, -0.2) is 0 Å². The number of ketones is 1. The molecule has 0 saturated heterocycles. The van der Waals surface area contributed by atoms with E-state index in [9.17, 15) is 10.1 Å². The van der Waals surface area contributed by atoms with Gasteiger partial charge in [0.2, 0.25) is 0 Å². The number of carbonyl (C=O) groups excluding carboxylic acids is 1. The molecule has 0 heterocycles. The van der Waals surface area contributed by atoms with Gasteiger partial charge >= 0.3 is 0 Å². The van der Waals surface area contributed by atoms with Crippen molar-refractivity contribution in [3.63, 3.8) is 0 Å². The fourth-order valence-electron chi connectivity index (χ4n) is 2.07. The minimum Gasteiger partial charge on any atom is -0.496 e. The fraction of sp³-hybridized carbons (Fsp3) is 0.176. The average molecular weight is 300 g/mol. The molecule has 2 aromatic carbocycles. The number of aryl methyl sites for hydroxylation is 1. The smallest absolute Gasteiger partial charge is 0.188 e. The summed E-state index contributed by atoms with van der Waals surface area (Å²) in [7, 11) is 1.47. The summed E-state index contributed by atoms with van der Waals surface area (Å²) < 4.78 is 5.18. The molecule has 0 radical (unpaired) electrons. The minimum atomic E-state index is -0.860. The summed E-state index contributed by atoms with van der Waals surface area (Å²) >= 11 is 5.89. The van der Waals surface area contributed by atoms with Crippen LogP contribution in [0.3, 0.4) is 0 Å². The number of halogens is 1. The number of carbonyl (C=O) groups is 1. The molecule has 106 valence electrons. The second-order valence-corrected chi connectivity index (χ2v) is 5.12. The first-order valence-corrected chi connectivity index (χ1v) is 6.78. The Morgan fingerprint density at radius 2 is 1.90 bits per heavy atom. The first kappa shape index (κ1) is 15.1. The highest BCUT2D eigenvalue weighted by Gasteiger charge is 2.24. The standard InChI is InChI=1S/C17H14ClNO2/c1-11-3-5-12(6-4-11)15(10-19)17(20)14-8-7-13(18)9-16(14)21-2/h3-9,15H,1-2H3. The zero-order chi connectivity index (χ0) is 15.4. The Morgan fingerprint density at radius 3 is 2.48 bits per heavy atom. The van der Waals surface area contributed by atoms with E-state index in [0.717, 1.165) is 5.56 Å². The highest BCUT2D eigenvalue weighted by molar-refractivity contribution is 6.31. The molecule has 0 aliphatic carbocycles. The second kappa shape index (κ2) is 6.43. The lowest BCUT2D eigenvalue weighted by atomic mass is 9.91. The van der Waals surface area contributed by atoms with Crippen molar-refractivity contribution in [1.82, 2.24) is 0 Å². The summed E-state index contributed by atoms with van der Waals surface area (Å²) in [5, 5.41) is 9.84. The highest BCUT2D eigenvalue weighted by Crippen LogP contribution is 2.29. The van der Waals surface area contributed by atoms with E-state index in [1.807, 2.05) is 19.1 Å². The maximum atomic E-state index is 12.6. The number of benzene rings is 2. The first-order valence-electron chi connectivity index (χ1n) is 6.40. The van der Waals surface area contributed by atoms with E-state index in [1.54, 1.807) is 30.3 Å². The third-order valence-corrected chi connectivity index (χ3v) is 3.47. The Morgan fingerprint density at radius 1 is 1.24 bits per heavy atom. The van der Waals surface area contributed by atoms with Crippen molar-refractivity contribution in [3.05, 3.63) is 64.2 Å². The van der Waals surface area contributed by atoms with E-state index in [0.29, 0.717) is 21.9 Å². The molecule has 3 nitrogen and oxygen atoms in total. The maximum Gasteiger partial charge on any atom is 0.188 e. The van der Waals surface area contributed by atoms with Gasteiger partial charge in [-0.1, -0.05) is 41.4 Å². The molecule has 2 aromatic rings. The molecule has 0 aliphatic rings. The van der Waals surface area contributed by atoms with Crippen LogP contribution in [0.2, 0.25) is 5.02 Å². The van der Waals surface area contributed by atoms with Crippen LogP contribution in [-0.4, -0.2) is 12.9 Å². The molecule has 21 heavy (non-hydrogen) atoms. The molecule has 0 N–H and O–H groups in total. The van der Waals surface area contributed by atoms with Gasteiger partial charge < -0.3 is 4.74 Å². The van der Waals surface area contributed by atoms with Crippen LogP contribution in [0.1, 0.15) is 27.4 Å². The third-order valence-electron chi connectivity index (χ3n) is 3.23. The minimum absolute atomic E-state index is 0.296. The van der Waals surface area contributed by atoms with Crippen LogP contribution in [0.15, 0.2) is 42.5 Å². The Kier molecular flexibility index (Phi) is 4.62. The number of Topliss-reactive ketones (excluding diaryl/α,β-unsaturated/α-hetero) is 1. The number of hydrogen-bond donors (Lipinski definition) is 0. The third kappa shape index (κ3) is 3.24. The molecule has 2 rings (SSSR count). The first-order chi connectivity index (χ1) is 10.1. The molecule has 0 aliphatic heterocycles. The van der Waals surface area contributed by atoms with E-state index in [2.05, 4.69) is 6.07 Å². The zero-order valence-corrected chi connectivity index (χ0v) is 12.5. The largest absolute Gasteiger partial charge is 0.496 e. The van der Waals surface area contributed by atoms with Crippen LogP contribution in [0, 0.1) is 18.3 Å². The molecule has 0 amide bonds.